The molecule has 0 spiro atoms. The Kier molecular flexibility index (Phi) is 3.69. The first-order valence-electron chi connectivity index (χ1n) is 7.10. The molecule has 0 saturated carbocycles. The van der Waals surface area contributed by atoms with E-state index in [-0.39, 0.29) is 5.91 Å². The lowest BCUT2D eigenvalue weighted by Crippen LogP contribution is -2.35. The molecule has 2 N–H and O–H groups in total. The van der Waals surface area contributed by atoms with Gasteiger partial charge in [-0.15, -0.1) is 0 Å². The molecule has 1 amide bonds. The lowest BCUT2D eigenvalue weighted by Gasteiger charge is -2.23. The molecular formula is C15H20N2O2. The van der Waals surface area contributed by atoms with Crippen LogP contribution in [-0.2, 0) is 11.2 Å². The molecule has 2 aliphatic rings. The van der Waals surface area contributed by atoms with Crippen LogP contribution >= 0.6 is 0 Å². The zero-order valence-corrected chi connectivity index (χ0v) is 11.1. The molecule has 1 aromatic carbocycles. The van der Waals surface area contributed by atoms with Crippen molar-refractivity contribution in [1.82, 2.24) is 5.32 Å². The maximum absolute atomic E-state index is 11.5. The van der Waals surface area contributed by atoms with Gasteiger partial charge in [-0.3, -0.25) is 4.79 Å². The fourth-order valence-electron chi connectivity index (χ4n) is 2.78. The maximum atomic E-state index is 11.5. The second-order valence-corrected chi connectivity index (χ2v) is 5.33. The Bertz CT molecular complexity index is 467. The summed E-state index contributed by atoms with van der Waals surface area (Å²) in [7, 11) is 0. The monoisotopic (exact) mass is 260 g/mol. The van der Waals surface area contributed by atoms with E-state index in [1.165, 1.54) is 24.8 Å². The molecule has 4 heteroatoms. The number of carbonyl (C=O) groups excluding carboxylic acids is 1. The fraction of sp³-hybridized carbons (Fsp3) is 0.533. The molecule has 1 unspecified atom stereocenters. The van der Waals surface area contributed by atoms with E-state index in [0.717, 1.165) is 24.4 Å². The van der Waals surface area contributed by atoms with E-state index in [9.17, 15) is 4.79 Å². The van der Waals surface area contributed by atoms with Crippen LogP contribution < -0.4 is 15.4 Å². The molecule has 2 heterocycles. The molecular weight excluding hydrogens is 240 g/mol. The number of hydrogen-bond donors (Lipinski definition) is 2. The molecule has 102 valence electrons. The van der Waals surface area contributed by atoms with Gasteiger partial charge >= 0.3 is 0 Å². The SMILES string of the molecule is O=C1CCOc2ccc(CC3CCCCN3)cc2N1. The Morgan fingerprint density at radius 3 is 3.11 bits per heavy atom. The predicted molar refractivity (Wildman–Crippen MR) is 74.5 cm³/mol. The summed E-state index contributed by atoms with van der Waals surface area (Å²) in [5.41, 5.74) is 2.07. The van der Waals surface area contributed by atoms with Crippen molar-refractivity contribution in [2.45, 2.75) is 38.1 Å². The van der Waals surface area contributed by atoms with Gasteiger partial charge in [-0.2, -0.15) is 0 Å². The van der Waals surface area contributed by atoms with Crippen molar-refractivity contribution in [3.8, 4) is 5.75 Å². The normalized spacial score (nSPS) is 22.9. The van der Waals surface area contributed by atoms with Gasteiger partial charge < -0.3 is 15.4 Å². The third kappa shape index (κ3) is 3.07. The van der Waals surface area contributed by atoms with E-state index in [2.05, 4.69) is 22.8 Å². The quantitative estimate of drug-likeness (QED) is 0.856. The van der Waals surface area contributed by atoms with E-state index in [1.807, 2.05) is 6.07 Å². The summed E-state index contributed by atoms with van der Waals surface area (Å²) in [6.45, 7) is 1.58. The summed E-state index contributed by atoms with van der Waals surface area (Å²) in [5, 5.41) is 6.47. The van der Waals surface area contributed by atoms with E-state index in [4.69, 9.17) is 4.74 Å². The van der Waals surface area contributed by atoms with Crippen LogP contribution in [0.3, 0.4) is 0 Å². The number of nitrogens with one attached hydrogen (secondary N) is 2. The first-order chi connectivity index (χ1) is 9.31. The average Bonchev–Trinajstić information content (AvgIpc) is 2.60. The van der Waals surface area contributed by atoms with Gasteiger partial charge in [0.2, 0.25) is 5.91 Å². The Labute approximate surface area is 113 Å². The predicted octanol–water partition coefficient (Wildman–Crippen LogP) is 2.09. The van der Waals surface area contributed by atoms with Crippen molar-refractivity contribution in [3.05, 3.63) is 23.8 Å². The first kappa shape index (κ1) is 12.5. The third-order valence-electron chi connectivity index (χ3n) is 3.80. The zero-order chi connectivity index (χ0) is 13.1. The second-order valence-electron chi connectivity index (χ2n) is 5.33. The number of anilines is 1. The highest BCUT2D eigenvalue weighted by Gasteiger charge is 2.16. The maximum Gasteiger partial charge on any atom is 0.227 e. The third-order valence-corrected chi connectivity index (χ3v) is 3.80. The van der Waals surface area contributed by atoms with Crippen LogP contribution in [0.15, 0.2) is 18.2 Å². The largest absolute Gasteiger partial charge is 0.491 e. The average molecular weight is 260 g/mol. The van der Waals surface area contributed by atoms with Crippen LogP contribution in [0.1, 0.15) is 31.2 Å². The van der Waals surface area contributed by atoms with Gasteiger partial charge in [0, 0.05) is 6.04 Å². The number of carbonyl (C=O) groups is 1. The van der Waals surface area contributed by atoms with E-state index < -0.39 is 0 Å². The van der Waals surface area contributed by atoms with Gasteiger partial charge in [-0.1, -0.05) is 12.5 Å². The zero-order valence-electron chi connectivity index (χ0n) is 11.1. The minimum atomic E-state index is 0.0340. The van der Waals surface area contributed by atoms with Gasteiger partial charge in [0.1, 0.15) is 5.75 Å². The van der Waals surface area contributed by atoms with E-state index in [1.54, 1.807) is 0 Å². The highest BCUT2D eigenvalue weighted by Crippen LogP contribution is 2.29. The van der Waals surface area contributed by atoms with Crippen molar-refractivity contribution < 1.29 is 9.53 Å². The molecule has 19 heavy (non-hydrogen) atoms. The molecule has 1 fully saturated rings. The Morgan fingerprint density at radius 1 is 1.32 bits per heavy atom. The standard InChI is InChI=1S/C15H20N2O2/c18-15-6-8-19-14-5-4-11(10-13(14)17-15)9-12-3-1-2-7-16-12/h4-5,10,12,16H,1-3,6-9H2,(H,17,18). The summed E-state index contributed by atoms with van der Waals surface area (Å²) in [5.74, 6) is 0.817. The van der Waals surface area contributed by atoms with Crippen LogP contribution in [0.4, 0.5) is 5.69 Å². The molecule has 1 saturated heterocycles. The van der Waals surface area contributed by atoms with Gasteiger partial charge in [0.25, 0.3) is 0 Å². The van der Waals surface area contributed by atoms with Crippen molar-refractivity contribution >= 4 is 11.6 Å². The summed E-state index contributed by atoms with van der Waals surface area (Å²) in [6.07, 6.45) is 5.27. The number of amides is 1. The van der Waals surface area contributed by atoms with Crippen molar-refractivity contribution in [1.29, 1.82) is 0 Å². The summed E-state index contributed by atoms with van der Waals surface area (Å²) < 4.78 is 5.56. The van der Waals surface area contributed by atoms with Gasteiger partial charge in [0.15, 0.2) is 0 Å². The number of ether oxygens (including phenoxy) is 1. The number of benzene rings is 1. The fourth-order valence-corrected chi connectivity index (χ4v) is 2.78. The lowest BCUT2D eigenvalue weighted by atomic mass is 9.97. The number of rotatable bonds is 2. The van der Waals surface area contributed by atoms with Crippen LogP contribution in [0, 0.1) is 0 Å². The number of piperidine rings is 1. The number of fused-ring (bicyclic) bond motifs is 1. The molecule has 1 atom stereocenters. The van der Waals surface area contributed by atoms with E-state index >= 15 is 0 Å². The minimum Gasteiger partial charge on any atom is -0.491 e. The summed E-state index contributed by atoms with van der Waals surface area (Å²) in [4.78, 5) is 11.5. The van der Waals surface area contributed by atoms with Crippen molar-refractivity contribution in [3.63, 3.8) is 0 Å². The van der Waals surface area contributed by atoms with Crippen LogP contribution in [0.25, 0.3) is 0 Å². The van der Waals surface area contributed by atoms with Gasteiger partial charge in [-0.05, 0) is 43.5 Å². The van der Waals surface area contributed by atoms with Crippen molar-refractivity contribution in [2.24, 2.45) is 0 Å². The Balaban J connectivity index is 1.74. The minimum absolute atomic E-state index is 0.0340. The Hall–Kier alpha value is -1.55. The molecule has 3 rings (SSSR count). The smallest absolute Gasteiger partial charge is 0.227 e. The van der Waals surface area contributed by atoms with Crippen molar-refractivity contribution in [2.75, 3.05) is 18.5 Å². The highest BCUT2D eigenvalue weighted by atomic mass is 16.5. The van der Waals surface area contributed by atoms with Crippen LogP contribution in [0.2, 0.25) is 0 Å². The first-order valence-corrected chi connectivity index (χ1v) is 7.10. The highest BCUT2D eigenvalue weighted by molar-refractivity contribution is 5.93. The molecule has 0 aromatic heterocycles. The molecule has 0 aliphatic carbocycles. The molecule has 1 aromatic rings. The molecule has 2 aliphatic heterocycles. The van der Waals surface area contributed by atoms with E-state index in [0.29, 0.717) is 19.1 Å². The molecule has 4 nitrogen and oxygen atoms in total. The topological polar surface area (TPSA) is 50.4 Å². The summed E-state index contributed by atoms with van der Waals surface area (Å²) >= 11 is 0. The lowest BCUT2D eigenvalue weighted by molar-refractivity contribution is -0.116. The Morgan fingerprint density at radius 2 is 2.26 bits per heavy atom. The van der Waals surface area contributed by atoms with Crippen LogP contribution in [0.5, 0.6) is 5.75 Å². The van der Waals surface area contributed by atoms with Crippen LogP contribution in [-0.4, -0.2) is 25.1 Å². The second kappa shape index (κ2) is 5.61. The molecule has 0 radical (unpaired) electrons. The molecule has 0 bridgehead atoms. The van der Waals surface area contributed by atoms with Gasteiger partial charge in [-0.25, -0.2) is 0 Å². The number of hydrogen-bond acceptors (Lipinski definition) is 3. The summed E-state index contributed by atoms with van der Waals surface area (Å²) in [6, 6.07) is 6.69. The van der Waals surface area contributed by atoms with Gasteiger partial charge in [0.05, 0.1) is 18.7 Å².